The molecule has 1 aromatic rings. The first-order valence-corrected chi connectivity index (χ1v) is 5.56. The van der Waals surface area contributed by atoms with Gasteiger partial charge in [-0.05, 0) is 19.8 Å². The predicted molar refractivity (Wildman–Crippen MR) is 60.5 cm³/mol. The molecule has 1 atom stereocenters. The molecule has 0 bridgehead atoms. The average Bonchev–Trinajstić information content (AvgIpc) is 2.75. The molecule has 0 unspecified atom stereocenters. The van der Waals surface area contributed by atoms with Crippen molar-refractivity contribution in [2.45, 2.75) is 25.8 Å². The zero-order valence-corrected chi connectivity index (χ0v) is 9.47. The quantitative estimate of drug-likeness (QED) is 0.644. The van der Waals surface area contributed by atoms with Crippen LogP contribution in [0.2, 0.25) is 0 Å². The van der Waals surface area contributed by atoms with E-state index in [4.69, 9.17) is 0 Å². The first-order chi connectivity index (χ1) is 7.68. The van der Waals surface area contributed by atoms with Crippen LogP contribution < -0.4 is 9.80 Å². The van der Waals surface area contributed by atoms with Gasteiger partial charge in [-0.2, -0.15) is 0 Å². The zero-order valence-electron chi connectivity index (χ0n) is 9.47. The fraction of sp³-hybridized carbons (Fsp3) is 0.545. The predicted octanol–water partition coefficient (Wildman–Crippen LogP) is 0.730. The van der Waals surface area contributed by atoms with Gasteiger partial charge in [-0.25, -0.2) is 9.97 Å². The Morgan fingerprint density at radius 2 is 2.31 bits per heavy atom. The standard InChI is InChI=1S/C11H14N4O/c1-7-12-6-9-10(13-7)15-5-3-4-8(15)11(16)14(9)2/h6,8H,3-5H2,1-2H3/t8-/m1/s1. The summed E-state index contributed by atoms with van der Waals surface area (Å²) in [4.78, 5) is 24.5. The van der Waals surface area contributed by atoms with E-state index in [2.05, 4.69) is 14.9 Å². The number of hydrogen-bond acceptors (Lipinski definition) is 4. The molecule has 1 fully saturated rings. The van der Waals surface area contributed by atoms with Crippen LogP contribution in [0.5, 0.6) is 0 Å². The van der Waals surface area contributed by atoms with Crippen LogP contribution in [0.25, 0.3) is 0 Å². The maximum atomic E-state index is 12.1. The van der Waals surface area contributed by atoms with Gasteiger partial charge >= 0.3 is 0 Å². The van der Waals surface area contributed by atoms with Gasteiger partial charge in [0.25, 0.3) is 0 Å². The number of rotatable bonds is 0. The third-order valence-electron chi connectivity index (χ3n) is 3.37. The minimum Gasteiger partial charge on any atom is -0.343 e. The molecule has 5 heteroatoms. The highest BCUT2D eigenvalue weighted by molar-refractivity contribution is 6.04. The number of likely N-dealkylation sites (N-methyl/N-ethyl adjacent to an activating group) is 1. The Hall–Kier alpha value is -1.65. The lowest BCUT2D eigenvalue weighted by Gasteiger charge is -2.36. The Morgan fingerprint density at radius 1 is 1.50 bits per heavy atom. The van der Waals surface area contributed by atoms with E-state index in [1.165, 1.54) is 0 Å². The Balaban J connectivity index is 2.17. The molecular weight excluding hydrogens is 204 g/mol. The van der Waals surface area contributed by atoms with Gasteiger partial charge in [-0.3, -0.25) is 4.79 Å². The summed E-state index contributed by atoms with van der Waals surface area (Å²) in [6, 6.07) is -0.00759. The van der Waals surface area contributed by atoms with E-state index in [1.54, 1.807) is 18.1 Å². The lowest BCUT2D eigenvalue weighted by molar-refractivity contribution is -0.119. The molecule has 0 aliphatic carbocycles. The van der Waals surface area contributed by atoms with Gasteiger partial charge in [0, 0.05) is 13.6 Å². The summed E-state index contributed by atoms with van der Waals surface area (Å²) < 4.78 is 0. The molecule has 16 heavy (non-hydrogen) atoms. The Bertz CT molecular complexity index is 459. The van der Waals surface area contributed by atoms with Crippen LogP contribution in [-0.4, -0.2) is 35.5 Å². The molecule has 1 aromatic heterocycles. The van der Waals surface area contributed by atoms with Gasteiger partial charge in [0.1, 0.15) is 17.6 Å². The first kappa shape index (κ1) is 9.57. The van der Waals surface area contributed by atoms with Crippen LogP contribution in [-0.2, 0) is 4.79 Å². The number of carbonyl (C=O) groups excluding carboxylic acids is 1. The smallest absolute Gasteiger partial charge is 0.249 e. The van der Waals surface area contributed by atoms with Crippen molar-refractivity contribution in [2.24, 2.45) is 0 Å². The van der Waals surface area contributed by atoms with Gasteiger partial charge in [0.15, 0.2) is 5.82 Å². The Kier molecular flexibility index (Phi) is 1.89. The van der Waals surface area contributed by atoms with E-state index in [0.29, 0.717) is 0 Å². The van der Waals surface area contributed by atoms with Gasteiger partial charge in [-0.1, -0.05) is 0 Å². The van der Waals surface area contributed by atoms with E-state index in [9.17, 15) is 4.79 Å². The van der Waals surface area contributed by atoms with E-state index in [1.807, 2.05) is 6.92 Å². The molecule has 3 heterocycles. The van der Waals surface area contributed by atoms with Crippen LogP contribution in [0.1, 0.15) is 18.7 Å². The van der Waals surface area contributed by atoms with Crippen LogP contribution in [0.15, 0.2) is 6.20 Å². The molecule has 0 radical (unpaired) electrons. The summed E-state index contributed by atoms with van der Waals surface area (Å²) in [5, 5.41) is 0. The fourth-order valence-corrected chi connectivity index (χ4v) is 2.52. The second-order valence-corrected chi connectivity index (χ2v) is 4.37. The van der Waals surface area contributed by atoms with Crippen LogP contribution in [0, 0.1) is 6.92 Å². The first-order valence-electron chi connectivity index (χ1n) is 5.56. The van der Waals surface area contributed by atoms with E-state index in [-0.39, 0.29) is 11.9 Å². The minimum atomic E-state index is -0.00759. The lowest BCUT2D eigenvalue weighted by atomic mass is 10.1. The van der Waals surface area contributed by atoms with Crippen LogP contribution in [0.4, 0.5) is 11.5 Å². The maximum absolute atomic E-state index is 12.1. The molecule has 5 nitrogen and oxygen atoms in total. The van der Waals surface area contributed by atoms with Crippen molar-refractivity contribution in [1.82, 2.24) is 9.97 Å². The van der Waals surface area contributed by atoms with Gasteiger partial charge in [0.05, 0.1) is 6.20 Å². The molecule has 0 aromatic carbocycles. The summed E-state index contributed by atoms with van der Waals surface area (Å²) in [6.07, 6.45) is 3.74. The van der Waals surface area contributed by atoms with E-state index in [0.717, 1.165) is 36.7 Å². The number of carbonyl (C=O) groups is 1. The summed E-state index contributed by atoms with van der Waals surface area (Å²) in [6.45, 7) is 2.80. The van der Waals surface area contributed by atoms with Crippen molar-refractivity contribution < 1.29 is 4.79 Å². The molecule has 0 spiro atoms. The number of anilines is 2. The molecule has 1 saturated heterocycles. The molecular formula is C11H14N4O. The molecule has 2 aliphatic heterocycles. The number of aryl methyl sites for hydroxylation is 1. The van der Waals surface area contributed by atoms with Crippen molar-refractivity contribution in [1.29, 1.82) is 0 Å². The third kappa shape index (κ3) is 1.14. The van der Waals surface area contributed by atoms with Crippen molar-refractivity contribution in [3.63, 3.8) is 0 Å². The SMILES string of the molecule is Cc1ncc2c(n1)N1CCC[C@@H]1C(=O)N2C. The average molecular weight is 218 g/mol. The van der Waals surface area contributed by atoms with Crippen LogP contribution >= 0.6 is 0 Å². The Labute approximate surface area is 94.1 Å². The normalized spacial score (nSPS) is 23.4. The highest BCUT2D eigenvalue weighted by Crippen LogP contribution is 2.37. The van der Waals surface area contributed by atoms with Gasteiger partial charge in [0.2, 0.25) is 5.91 Å². The Morgan fingerprint density at radius 3 is 3.12 bits per heavy atom. The molecule has 0 N–H and O–H groups in total. The fourth-order valence-electron chi connectivity index (χ4n) is 2.52. The molecule has 0 saturated carbocycles. The largest absolute Gasteiger partial charge is 0.343 e. The topological polar surface area (TPSA) is 49.3 Å². The van der Waals surface area contributed by atoms with Gasteiger partial charge in [-0.15, -0.1) is 0 Å². The molecule has 2 aliphatic rings. The maximum Gasteiger partial charge on any atom is 0.249 e. The van der Waals surface area contributed by atoms with Crippen molar-refractivity contribution in [2.75, 3.05) is 23.4 Å². The molecule has 3 rings (SSSR count). The highest BCUT2D eigenvalue weighted by Gasteiger charge is 2.40. The highest BCUT2D eigenvalue weighted by atomic mass is 16.2. The minimum absolute atomic E-state index is 0.00759. The lowest BCUT2D eigenvalue weighted by Crippen LogP contribution is -2.49. The molecule has 84 valence electrons. The second kappa shape index (κ2) is 3.17. The number of amides is 1. The summed E-state index contributed by atoms with van der Waals surface area (Å²) >= 11 is 0. The number of nitrogens with zero attached hydrogens (tertiary/aromatic N) is 4. The van der Waals surface area contributed by atoms with Gasteiger partial charge < -0.3 is 9.80 Å². The van der Waals surface area contributed by atoms with E-state index < -0.39 is 0 Å². The monoisotopic (exact) mass is 218 g/mol. The second-order valence-electron chi connectivity index (χ2n) is 4.37. The van der Waals surface area contributed by atoms with Crippen molar-refractivity contribution in [3.8, 4) is 0 Å². The summed E-state index contributed by atoms with van der Waals surface area (Å²) in [7, 11) is 1.80. The zero-order chi connectivity index (χ0) is 11.3. The number of aromatic nitrogens is 2. The number of fused-ring (bicyclic) bond motifs is 3. The molecule has 1 amide bonds. The van der Waals surface area contributed by atoms with Crippen molar-refractivity contribution >= 4 is 17.4 Å². The summed E-state index contributed by atoms with van der Waals surface area (Å²) in [5.74, 6) is 1.83. The van der Waals surface area contributed by atoms with E-state index >= 15 is 0 Å². The van der Waals surface area contributed by atoms with Crippen molar-refractivity contribution in [3.05, 3.63) is 12.0 Å². The summed E-state index contributed by atoms with van der Waals surface area (Å²) in [5.41, 5.74) is 0.828. The third-order valence-corrected chi connectivity index (χ3v) is 3.37. The van der Waals surface area contributed by atoms with Crippen LogP contribution in [0.3, 0.4) is 0 Å². The number of hydrogen-bond donors (Lipinski definition) is 0.